The molecule has 0 spiro atoms. The van der Waals surface area contributed by atoms with E-state index in [9.17, 15) is 4.79 Å². The fourth-order valence-electron chi connectivity index (χ4n) is 2.86. The van der Waals surface area contributed by atoms with E-state index >= 15 is 0 Å². The Morgan fingerprint density at radius 2 is 1.96 bits per heavy atom. The maximum atomic E-state index is 12.6. The molecule has 124 valence electrons. The number of nitrogens with zero attached hydrogens (tertiary/aromatic N) is 2. The summed E-state index contributed by atoms with van der Waals surface area (Å²) >= 11 is 1.51. The summed E-state index contributed by atoms with van der Waals surface area (Å²) in [6.45, 7) is 0. The van der Waals surface area contributed by atoms with Crippen molar-refractivity contribution >= 4 is 33.8 Å². The predicted octanol–water partition coefficient (Wildman–Crippen LogP) is 4.48. The molecule has 4 rings (SSSR count). The number of hydrogen-bond acceptors (Lipinski definition) is 3. The smallest absolute Gasteiger partial charge is 0.275 e. The Balaban J connectivity index is 1.53. The molecule has 0 bridgehead atoms. The number of amides is 1. The number of aromatic nitrogens is 2. The number of benzene rings is 2. The van der Waals surface area contributed by atoms with E-state index in [4.69, 9.17) is 0 Å². The third kappa shape index (κ3) is 3.19. The number of carbonyl (C=O) groups excluding carboxylic acids is 1. The molecule has 2 aromatic heterocycles. The summed E-state index contributed by atoms with van der Waals surface area (Å²) in [7, 11) is 1.99. The normalized spacial score (nSPS) is 10.9. The van der Waals surface area contributed by atoms with E-state index in [2.05, 4.69) is 22.4 Å². The van der Waals surface area contributed by atoms with Gasteiger partial charge in [0.1, 0.15) is 5.69 Å². The molecule has 0 aliphatic carbocycles. The van der Waals surface area contributed by atoms with E-state index in [1.807, 2.05) is 65.7 Å². The summed E-state index contributed by atoms with van der Waals surface area (Å²) in [5.74, 6) is -0.174. The number of fused-ring (bicyclic) bond motifs is 1. The van der Waals surface area contributed by atoms with E-state index in [1.165, 1.54) is 16.9 Å². The van der Waals surface area contributed by atoms with Crippen LogP contribution >= 0.6 is 11.3 Å². The maximum absolute atomic E-state index is 12.6. The molecule has 0 aliphatic rings. The van der Waals surface area contributed by atoms with Gasteiger partial charge in [-0.15, -0.1) is 11.3 Å². The largest absolute Gasteiger partial charge is 0.350 e. The molecule has 25 heavy (non-hydrogen) atoms. The Hall–Kier alpha value is -2.92. The molecular weight excluding hydrogens is 330 g/mol. The van der Waals surface area contributed by atoms with Crippen LogP contribution < -0.4 is 5.32 Å². The monoisotopic (exact) mass is 347 g/mol. The minimum Gasteiger partial charge on any atom is -0.350 e. The molecule has 4 aromatic rings. The fraction of sp³-hybridized carbons (Fsp3) is 0.100. The lowest BCUT2D eigenvalue weighted by Gasteiger charge is -2.05. The fourth-order valence-corrected chi connectivity index (χ4v) is 3.67. The van der Waals surface area contributed by atoms with Gasteiger partial charge in [0, 0.05) is 35.9 Å². The highest BCUT2D eigenvalue weighted by molar-refractivity contribution is 7.09. The van der Waals surface area contributed by atoms with Crippen molar-refractivity contribution < 1.29 is 4.79 Å². The van der Waals surface area contributed by atoms with Crippen molar-refractivity contribution in [2.45, 2.75) is 6.42 Å². The molecule has 2 heterocycles. The van der Waals surface area contributed by atoms with Crippen LogP contribution in [0.4, 0.5) is 5.69 Å². The van der Waals surface area contributed by atoms with Crippen LogP contribution in [0.1, 0.15) is 21.1 Å². The number of rotatable bonds is 4. The number of thiazole rings is 1. The molecule has 0 unspecified atom stereocenters. The Morgan fingerprint density at radius 1 is 1.12 bits per heavy atom. The zero-order chi connectivity index (χ0) is 17.2. The highest BCUT2D eigenvalue weighted by atomic mass is 32.1. The summed E-state index contributed by atoms with van der Waals surface area (Å²) in [6.07, 6.45) is 2.73. The summed E-state index contributed by atoms with van der Waals surface area (Å²) in [5.41, 5.74) is 3.54. The minimum absolute atomic E-state index is 0.174. The second-order valence-corrected chi connectivity index (χ2v) is 6.85. The molecule has 0 atom stereocenters. The molecule has 1 amide bonds. The topological polar surface area (TPSA) is 46.9 Å². The first-order valence-electron chi connectivity index (χ1n) is 8.04. The van der Waals surface area contributed by atoms with Crippen molar-refractivity contribution in [3.8, 4) is 0 Å². The van der Waals surface area contributed by atoms with Crippen molar-refractivity contribution in [1.82, 2.24) is 9.55 Å². The van der Waals surface area contributed by atoms with E-state index in [0.717, 1.165) is 28.0 Å². The van der Waals surface area contributed by atoms with Gasteiger partial charge in [-0.3, -0.25) is 4.79 Å². The quantitative estimate of drug-likeness (QED) is 0.592. The number of hydrogen-bond donors (Lipinski definition) is 1. The zero-order valence-electron chi connectivity index (χ0n) is 13.8. The first kappa shape index (κ1) is 15.6. The minimum atomic E-state index is -0.174. The second kappa shape index (κ2) is 6.53. The molecule has 0 radical (unpaired) electrons. The van der Waals surface area contributed by atoms with Crippen LogP contribution in [0.5, 0.6) is 0 Å². The van der Waals surface area contributed by atoms with Crippen LogP contribution in [0.25, 0.3) is 10.9 Å². The summed E-state index contributed by atoms with van der Waals surface area (Å²) in [6, 6.07) is 18.0. The van der Waals surface area contributed by atoms with E-state index in [-0.39, 0.29) is 5.91 Å². The van der Waals surface area contributed by atoms with Gasteiger partial charge in [0.25, 0.3) is 5.91 Å². The lowest BCUT2D eigenvalue weighted by atomic mass is 10.2. The van der Waals surface area contributed by atoms with Gasteiger partial charge in [-0.1, -0.05) is 36.4 Å². The molecule has 5 heteroatoms. The van der Waals surface area contributed by atoms with Crippen LogP contribution in [-0.4, -0.2) is 15.5 Å². The van der Waals surface area contributed by atoms with E-state index in [1.54, 1.807) is 0 Å². The molecule has 0 fully saturated rings. The van der Waals surface area contributed by atoms with Gasteiger partial charge < -0.3 is 9.88 Å². The maximum Gasteiger partial charge on any atom is 0.275 e. The van der Waals surface area contributed by atoms with Crippen LogP contribution in [0.15, 0.2) is 66.2 Å². The molecule has 1 N–H and O–H groups in total. The first-order chi connectivity index (χ1) is 12.2. The Kier molecular flexibility index (Phi) is 4.07. The Bertz CT molecular complexity index is 1030. The molecule has 0 aliphatic heterocycles. The van der Waals surface area contributed by atoms with Crippen LogP contribution in [-0.2, 0) is 13.5 Å². The molecule has 4 nitrogen and oxygen atoms in total. The van der Waals surface area contributed by atoms with Gasteiger partial charge in [0.05, 0.1) is 10.7 Å². The summed E-state index contributed by atoms with van der Waals surface area (Å²) in [4.78, 5) is 17.0. The third-order valence-corrected chi connectivity index (χ3v) is 5.01. The molecule has 2 aromatic carbocycles. The molecular formula is C20H17N3OS. The number of aryl methyl sites for hydroxylation is 1. The number of anilines is 1. The average Bonchev–Trinajstić information content (AvgIpc) is 3.24. The average molecular weight is 347 g/mol. The van der Waals surface area contributed by atoms with E-state index < -0.39 is 0 Å². The number of nitrogens with one attached hydrogen (secondary N) is 1. The second-order valence-electron chi connectivity index (χ2n) is 5.91. The van der Waals surface area contributed by atoms with Gasteiger partial charge in [-0.25, -0.2) is 4.98 Å². The lowest BCUT2D eigenvalue weighted by molar-refractivity contribution is 0.102. The Morgan fingerprint density at radius 3 is 2.80 bits per heavy atom. The highest BCUT2D eigenvalue weighted by Gasteiger charge is 2.13. The van der Waals surface area contributed by atoms with E-state index in [0.29, 0.717) is 5.69 Å². The third-order valence-electron chi connectivity index (χ3n) is 4.16. The Labute approximate surface area is 149 Å². The van der Waals surface area contributed by atoms with Gasteiger partial charge in [0.15, 0.2) is 0 Å². The van der Waals surface area contributed by atoms with Crippen molar-refractivity contribution in [2.24, 2.45) is 7.05 Å². The van der Waals surface area contributed by atoms with Crippen molar-refractivity contribution in [3.63, 3.8) is 0 Å². The first-order valence-corrected chi connectivity index (χ1v) is 8.92. The number of carbonyl (C=O) groups is 1. The predicted molar refractivity (Wildman–Crippen MR) is 102 cm³/mol. The van der Waals surface area contributed by atoms with Crippen LogP contribution in [0.3, 0.4) is 0 Å². The zero-order valence-corrected chi connectivity index (χ0v) is 14.6. The van der Waals surface area contributed by atoms with Crippen LogP contribution in [0, 0.1) is 0 Å². The van der Waals surface area contributed by atoms with Gasteiger partial charge in [0.2, 0.25) is 0 Å². The lowest BCUT2D eigenvalue weighted by Crippen LogP contribution is -2.12. The van der Waals surface area contributed by atoms with Crippen molar-refractivity contribution in [2.75, 3.05) is 5.32 Å². The van der Waals surface area contributed by atoms with Crippen molar-refractivity contribution in [3.05, 3.63) is 82.4 Å². The molecule has 0 saturated heterocycles. The van der Waals surface area contributed by atoms with Crippen LogP contribution in [0.2, 0.25) is 0 Å². The van der Waals surface area contributed by atoms with Gasteiger partial charge in [-0.05, 0) is 23.8 Å². The SMILES string of the molecule is Cn1ccc2c(NC(=O)c3csc(Cc4ccccc4)n3)cccc21. The van der Waals surface area contributed by atoms with Gasteiger partial charge in [-0.2, -0.15) is 0 Å². The highest BCUT2D eigenvalue weighted by Crippen LogP contribution is 2.24. The molecule has 0 saturated carbocycles. The van der Waals surface area contributed by atoms with Gasteiger partial charge >= 0.3 is 0 Å². The summed E-state index contributed by atoms with van der Waals surface area (Å²) in [5, 5.41) is 6.77. The summed E-state index contributed by atoms with van der Waals surface area (Å²) < 4.78 is 2.03. The standard InChI is InChI=1S/C20H17N3OS/c1-23-11-10-15-16(8-5-9-18(15)23)22-20(24)17-13-25-19(21-17)12-14-6-3-2-4-7-14/h2-11,13H,12H2,1H3,(H,22,24). The van der Waals surface area contributed by atoms with Crippen molar-refractivity contribution in [1.29, 1.82) is 0 Å².